The number of aryl methyl sites for hydroxylation is 1. The average molecular weight is 312 g/mol. The van der Waals surface area contributed by atoms with Gasteiger partial charge in [-0.25, -0.2) is 0 Å². The van der Waals surface area contributed by atoms with E-state index in [0.29, 0.717) is 17.8 Å². The van der Waals surface area contributed by atoms with E-state index in [1.807, 2.05) is 13.0 Å². The Bertz CT molecular complexity index is 516. The van der Waals surface area contributed by atoms with Crippen LogP contribution in [-0.2, 0) is 4.79 Å². The molecule has 0 spiro atoms. The van der Waals surface area contributed by atoms with E-state index in [0.717, 1.165) is 18.0 Å². The van der Waals surface area contributed by atoms with Gasteiger partial charge in [-0.15, -0.1) is 12.4 Å². The third-order valence-electron chi connectivity index (χ3n) is 3.42. The highest BCUT2D eigenvalue weighted by Gasteiger charge is 2.20. The highest BCUT2D eigenvalue weighted by Crippen LogP contribution is 2.27. The summed E-state index contributed by atoms with van der Waals surface area (Å²) in [6.45, 7) is 3.12. The molecule has 2 amide bonds. The van der Waals surface area contributed by atoms with Gasteiger partial charge < -0.3 is 16.0 Å². The van der Waals surface area contributed by atoms with Crippen molar-refractivity contribution < 1.29 is 9.59 Å². The second-order valence-electron chi connectivity index (χ2n) is 5.23. The molecule has 0 aromatic heterocycles. The van der Waals surface area contributed by atoms with E-state index in [-0.39, 0.29) is 24.2 Å². The molecule has 1 aliphatic carbocycles. The highest BCUT2D eigenvalue weighted by atomic mass is 35.5. The second kappa shape index (κ2) is 8.00. The summed E-state index contributed by atoms with van der Waals surface area (Å²) in [5.74, 6) is 0.510. The van der Waals surface area contributed by atoms with Crippen LogP contribution in [0.3, 0.4) is 0 Å². The normalized spacial score (nSPS) is 13.2. The van der Waals surface area contributed by atoms with E-state index in [2.05, 4.69) is 16.0 Å². The summed E-state index contributed by atoms with van der Waals surface area (Å²) in [5.41, 5.74) is 2.16. The summed E-state index contributed by atoms with van der Waals surface area (Å²) in [7, 11) is 1.59. The zero-order valence-corrected chi connectivity index (χ0v) is 13.2. The second-order valence-corrected chi connectivity index (χ2v) is 5.23. The van der Waals surface area contributed by atoms with Crippen molar-refractivity contribution in [3.05, 3.63) is 29.3 Å². The molecule has 0 heterocycles. The van der Waals surface area contributed by atoms with Crippen LogP contribution in [0.5, 0.6) is 0 Å². The topological polar surface area (TPSA) is 70.2 Å². The number of halogens is 1. The Morgan fingerprint density at radius 1 is 1.29 bits per heavy atom. The minimum atomic E-state index is -0.160. The van der Waals surface area contributed by atoms with Crippen molar-refractivity contribution in [1.82, 2.24) is 10.6 Å². The van der Waals surface area contributed by atoms with Crippen molar-refractivity contribution >= 4 is 29.9 Å². The molecule has 1 aliphatic rings. The van der Waals surface area contributed by atoms with E-state index in [4.69, 9.17) is 0 Å². The Morgan fingerprint density at radius 2 is 2.00 bits per heavy atom. The van der Waals surface area contributed by atoms with Gasteiger partial charge in [-0.2, -0.15) is 0 Å². The molecule has 0 atom stereocenters. The van der Waals surface area contributed by atoms with Gasteiger partial charge in [0, 0.05) is 18.3 Å². The third kappa shape index (κ3) is 5.36. The standard InChI is InChI=1S/C15H21N3O2.ClH/c1-10-3-6-12(15(20)16-2)7-13(10)18-14(19)9-17-8-11-4-5-11;/h3,6-7,11,17H,4-5,8-9H2,1-2H3,(H,16,20)(H,18,19);1H. The molecule has 0 bridgehead atoms. The van der Waals surface area contributed by atoms with Crippen LogP contribution in [-0.4, -0.2) is 32.0 Å². The van der Waals surface area contributed by atoms with Crippen LogP contribution in [0.1, 0.15) is 28.8 Å². The minimum absolute atomic E-state index is 0. The minimum Gasteiger partial charge on any atom is -0.355 e. The summed E-state index contributed by atoms with van der Waals surface area (Å²) in [6.07, 6.45) is 2.53. The van der Waals surface area contributed by atoms with E-state index in [9.17, 15) is 9.59 Å². The molecular weight excluding hydrogens is 290 g/mol. The predicted octanol–water partition coefficient (Wildman–Crippen LogP) is 1.71. The van der Waals surface area contributed by atoms with Gasteiger partial charge in [0.25, 0.3) is 5.91 Å². The molecular formula is C15H22ClN3O2. The van der Waals surface area contributed by atoms with Crippen molar-refractivity contribution in [3.63, 3.8) is 0 Å². The Balaban J connectivity index is 0.00000220. The highest BCUT2D eigenvalue weighted by molar-refractivity contribution is 5.98. The van der Waals surface area contributed by atoms with Crippen LogP contribution in [0.2, 0.25) is 0 Å². The zero-order chi connectivity index (χ0) is 14.5. The molecule has 6 heteroatoms. The first-order valence-corrected chi connectivity index (χ1v) is 6.93. The van der Waals surface area contributed by atoms with Crippen LogP contribution < -0.4 is 16.0 Å². The number of carbonyl (C=O) groups is 2. The molecule has 1 fully saturated rings. The Kier molecular flexibility index (Phi) is 6.65. The van der Waals surface area contributed by atoms with Crippen LogP contribution >= 0.6 is 12.4 Å². The van der Waals surface area contributed by atoms with Gasteiger partial charge in [-0.05, 0) is 49.9 Å². The van der Waals surface area contributed by atoms with E-state index < -0.39 is 0 Å². The van der Waals surface area contributed by atoms with Crippen molar-refractivity contribution in [2.45, 2.75) is 19.8 Å². The van der Waals surface area contributed by atoms with Crippen LogP contribution in [0.4, 0.5) is 5.69 Å². The Hall–Kier alpha value is -1.59. The number of nitrogens with one attached hydrogen (secondary N) is 3. The number of carbonyl (C=O) groups excluding carboxylic acids is 2. The monoisotopic (exact) mass is 311 g/mol. The van der Waals surface area contributed by atoms with Crippen molar-refractivity contribution in [2.75, 3.05) is 25.5 Å². The average Bonchev–Trinajstić information content (AvgIpc) is 3.24. The van der Waals surface area contributed by atoms with Gasteiger partial charge in [0.05, 0.1) is 6.54 Å². The Labute approximate surface area is 131 Å². The first-order valence-electron chi connectivity index (χ1n) is 6.93. The largest absolute Gasteiger partial charge is 0.355 e. The maximum atomic E-state index is 11.8. The molecule has 0 radical (unpaired) electrons. The molecule has 1 saturated carbocycles. The number of benzene rings is 1. The quantitative estimate of drug-likeness (QED) is 0.749. The molecule has 2 rings (SSSR count). The predicted molar refractivity (Wildman–Crippen MR) is 86.0 cm³/mol. The number of hydrogen-bond donors (Lipinski definition) is 3. The maximum Gasteiger partial charge on any atom is 0.251 e. The van der Waals surface area contributed by atoms with Gasteiger partial charge in [-0.3, -0.25) is 9.59 Å². The van der Waals surface area contributed by atoms with Gasteiger partial charge in [0.2, 0.25) is 5.91 Å². The summed E-state index contributed by atoms with van der Waals surface area (Å²) >= 11 is 0. The van der Waals surface area contributed by atoms with E-state index >= 15 is 0 Å². The molecule has 0 aliphatic heterocycles. The first kappa shape index (κ1) is 17.5. The lowest BCUT2D eigenvalue weighted by Gasteiger charge is -2.10. The lowest BCUT2D eigenvalue weighted by Crippen LogP contribution is -2.29. The van der Waals surface area contributed by atoms with Crippen LogP contribution in [0.15, 0.2) is 18.2 Å². The molecule has 1 aromatic carbocycles. The molecule has 116 valence electrons. The summed E-state index contributed by atoms with van der Waals surface area (Å²) in [5, 5.41) is 8.56. The van der Waals surface area contributed by atoms with Gasteiger partial charge in [0.1, 0.15) is 0 Å². The SMILES string of the molecule is CNC(=O)c1ccc(C)c(NC(=O)CNCC2CC2)c1.Cl. The fourth-order valence-electron chi connectivity index (χ4n) is 1.95. The molecule has 21 heavy (non-hydrogen) atoms. The number of anilines is 1. The van der Waals surface area contributed by atoms with Gasteiger partial charge in [0.15, 0.2) is 0 Å². The van der Waals surface area contributed by atoms with Crippen molar-refractivity contribution in [1.29, 1.82) is 0 Å². The number of amides is 2. The van der Waals surface area contributed by atoms with Crippen molar-refractivity contribution in [3.8, 4) is 0 Å². The summed E-state index contributed by atoms with van der Waals surface area (Å²) < 4.78 is 0. The lowest BCUT2D eigenvalue weighted by atomic mass is 10.1. The molecule has 0 unspecified atom stereocenters. The fourth-order valence-corrected chi connectivity index (χ4v) is 1.95. The first-order chi connectivity index (χ1) is 9.60. The zero-order valence-electron chi connectivity index (χ0n) is 12.4. The number of hydrogen-bond acceptors (Lipinski definition) is 3. The van der Waals surface area contributed by atoms with Crippen molar-refractivity contribution in [2.24, 2.45) is 5.92 Å². The van der Waals surface area contributed by atoms with Crippen LogP contribution in [0.25, 0.3) is 0 Å². The summed E-state index contributed by atoms with van der Waals surface area (Å²) in [6, 6.07) is 5.28. The Morgan fingerprint density at radius 3 is 2.62 bits per heavy atom. The molecule has 0 saturated heterocycles. The van der Waals surface area contributed by atoms with E-state index in [1.165, 1.54) is 12.8 Å². The molecule has 1 aromatic rings. The number of rotatable bonds is 6. The maximum absolute atomic E-state index is 11.8. The lowest BCUT2D eigenvalue weighted by molar-refractivity contribution is -0.115. The van der Waals surface area contributed by atoms with Crippen LogP contribution in [0, 0.1) is 12.8 Å². The molecule has 3 N–H and O–H groups in total. The summed E-state index contributed by atoms with van der Waals surface area (Å²) in [4.78, 5) is 23.4. The molecule has 5 nitrogen and oxygen atoms in total. The third-order valence-corrected chi connectivity index (χ3v) is 3.42. The van der Waals surface area contributed by atoms with Gasteiger partial charge in [-0.1, -0.05) is 6.07 Å². The fraction of sp³-hybridized carbons (Fsp3) is 0.467. The van der Waals surface area contributed by atoms with Gasteiger partial charge >= 0.3 is 0 Å². The van der Waals surface area contributed by atoms with E-state index in [1.54, 1.807) is 19.2 Å². The smallest absolute Gasteiger partial charge is 0.251 e.